The number of aromatic nitrogens is 2. The SMILES string of the molecule is CN(Cc1cccc(-c2ccn[nH]2)c1[N+](=O)[O-])C(=O)OC(C)(C)C. The fourth-order valence-electron chi connectivity index (χ4n) is 2.22. The molecule has 0 radical (unpaired) electrons. The molecule has 0 aliphatic heterocycles. The number of hydrogen-bond donors (Lipinski definition) is 1. The van der Waals surface area contributed by atoms with Crippen molar-refractivity contribution in [3.63, 3.8) is 0 Å². The van der Waals surface area contributed by atoms with Gasteiger partial charge in [0.2, 0.25) is 0 Å². The van der Waals surface area contributed by atoms with Crippen LogP contribution in [0.25, 0.3) is 11.3 Å². The van der Waals surface area contributed by atoms with E-state index in [0.717, 1.165) is 0 Å². The number of benzene rings is 1. The summed E-state index contributed by atoms with van der Waals surface area (Å²) in [5.41, 5.74) is 0.698. The van der Waals surface area contributed by atoms with E-state index in [1.807, 2.05) is 0 Å². The molecule has 2 rings (SSSR count). The molecule has 1 N–H and O–H groups in total. The van der Waals surface area contributed by atoms with Gasteiger partial charge in [-0.1, -0.05) is 12.1 Å². The maximum atomic E-state index is 12.1. The molecular weight excluding hydrogens is 312 g/mol. The van der Waals surface area contributed by atoms with Crippen LogP contribution in [0.4, 0.5) is 10.5 Å². The van der Waals surface area contributed by atoms with Gasteiger partial charge in [-0.25, -0.2) is 4.79 Å². The standard InChI is InChI=1S/C16H20N4O4/c1-16(2,3)24-15(21)19(4)10-11-6-5-7-12(14(11)20(22)23)13-8-9-17-18-13/h5-9H,10H2,1-4H3,(H,17,18). The van der Waals surface area contributed by atoms with Gasteiger partial charge in [0.1, 0.15) is 5.60 Å². The highest BCUT2D eigenvalue weighted by molar-refractivity contribution is 5.73. The third-order valence-electron chi connectivity index (χ3n) is 3.21. The zero-order chi connectivity index (χ0) is 17.9. The van der Waals surface area contributed by atoms with Crippen molar-refractivity contribution in [2.24, 2.45) is 0 Å². The zero-order valence-corrected chi connectivity index (χ0v) is 14.1. The summed E-state index contributed by atoms with van der Waals surface area (Å²) in [5, 5.41) is 18.1. The Labute approximate surface area is 139 Å². The van der Waals surface area contributed by atoms with E-state index >= 15 is 0 Å². The molecule has 8 nitrogen and oxygen atoms in total. The number of amides is 1. The van der Waals surface area contributed by atoms with E-state index in [4.69, 9.17) is 4.74 Å². The number of nitrogens with one attached hydrogen (secondary N) is 1. The fraction of sp³-hybridized carbons (Fsp3) is 0.375. The summed E-state index contributed by atoms with van der Waals surface area (Å²) in [6.07, 6.45) is 0.988. The smallest absolute Gasteiger partial charge is 0.410 e. The Morgan fingerprint density at radius 3 is 2.62 bits per heavy atom. The number of carbonyl (C=O) groups excluding carboxylic acids is 1. The van der Waals surface area contributed by atoms with Gasteiger partial charge in [0.25, 0.3) is 5.69 Å². The number of nitro groups is 1. The van der Waals surface area contributed by atoms with Crippen LogP contribution in [0.2, 0.25) is 0 Å². The number of ether oxygens (including phenoxy) is 1. The van der Waals surface area contributed by atoms with Crippen LogP contribution in [0, 0.1) is 10.1 Å². The van der Waals surface area contributed by atoms with Crippen molar-refractivity contribution in [2.75, 3.05) is 7.05 Å². The second-order valence-electron chi connectivity index (χ2n) is 6.38. The molecule has 0 aliphatic carbocycles. The minimum atomic E-state index is -0.630. The third kappa shape index (κ3) is 4.09. The van der Waals surface area contributed by atoms with Crippen molar-refractivity contribution in [1.82, 2.24) is 15.1 Å². The lowest BCUT2D eigenvalue weighted by molar-refractivity contribution is -0.385. The molecule has 1 aromatic carbocycles. The summed E-state index contributed by atoms with van der Waals surface area (Å²) in [4.78, 5) is 24.5. The molecule has 1 heterocycles. The quantitative estimate of drug-likeness (QED) is 0.683. The zero-order valence-electron chi connectivity index (χ0n) is 14.1. The molecular formula is C16H20N4O4. The molecule has 1 aromatic heterocycles. The van der Waals surface area contributed by atoms with Gasteiger partial charge in [-0.15, -0.1) is 0 Å². The van der Waals surface area contributed by atoms with Crippen molar-refractivity contribution in [3.05, 3.63) is 46.1 Å². The molecule has 128 valence electrons. The number of hydrogen-bond acceptors (Lipinski definition) is 5. The second kappa shape index (κ2) is 6.69. The van der Waals surface area contributed by atoms with Crippen LogP contribution in [0.3, 0.4) is 0 Å². The summed E-state index contributed by atoms with van der Waals surface area (Å²) in [6.45, 7) is 5.35. The van der Waals surface area contributed by atoms with Crippen LogP contribution in [-0.4, -0.2) is 38.8 Å². The number of rotatable bonds is 4. The monoisotopic (exact) mass is 332 g/mol. The molecule has 0 saturated carbocycles. The number of para-hydroxylation sites is 1. The van der Waals surface area contributed by atoms with Gasteiger partial charge < -0.3 is 9.64 Å². The van der Waals surface area contributed by atoms with Gasteiger partial charge in [-0.05, 0) is 32.9 Å². The fourth-order valence-corrected chi connectivity index (χ4v) is 2.22. The first-order chi connectivity index (χ1) is 11.2. The van der Waals surface area contributed by atoms with Crippen LogP contribution in [0.1, 0.15) is 26.3 Å². The lowest BCUT2D eigenvalue weighted by Crippen LogP contribution is -2.34. The molecule has 0 spiro atoms. The van der Waals surface area contributed by atoms with Gasteiger partial charge in [0.15, 0.2) is 0 Å². The first-order valence-electron chi connectivity index (χ1n) is 7.39. The number of carbonyl (C=O) groups is 1. The first kappa shape index (κ1) is 17.5. The van der Waals surface area contributed by atoms with Crippen LogP contribution >= 0.6 is 0 Å². The average molecular weight is 332 g/mol. The molecule has 8 heteroatoms. The highest BCUT2D eigenvalue weighted by atomic mass is 16.6. The number of aromatic amines is 1. The minimum Gasteiger partial charge on any atom is -0.444 e. The summed E-state index contributed by atoms with van der Waals surface area (Å²) in [5.74, 6) is 0. The molecule has 1 amide bonds. The summed E-state index contributed by atoms with van der Waals surface area (Å²) >= 11 is 0. The topological polar surface area (TPSA) is 101 Å². The second-order valence-corrected chi connectivity index (χ2v) is 6.38. The lowest BCUT2D eigenvalue weighted by Gasteiger charge is -2.24. The average Bonchev–Trinajstić information content (AvgIpc) is 2.98. The molecule has 0 saturated heterocycles. The lowest BCUT2D eigenvalue weighted by atomic mass is 10.0. The molecule has 0 bridgehead atoms. The number of nitro benzene ring substituents is 1. The van der Waals surface area contributed by atoms with Gasteiger partial charge in [0, 0.05) is 13.2 Å². The largest absolute Gasteiger partial charge is 0.444 e. The van der Waals surface area contributed by atoms with Crippen molar-refractivity contribution >= 4 is 11.8 Å². The van der Waals surface area contributed by atoms with E-state index in [9.17, 15) is 14.9 Å². The van der Waals surface area contributed by atoms with Crippen molar-refractivity contribution in [1.29, 1.82) is 0 Å². The Morgan fingerprint density at radius 2 is 2.08 bits per heavy atom. The number of H-pyrrole nitrogens is 1. The normalized spacial score (nSPS) is 11.2. The molecule has 2 aromatic rings. The van der Waals surface area contributed by atoms with Crippen molar-refractivity contribution < 1.29 is 14.5 Å². The van der Waals surface area contributed by atoms with E-state index in [-0.39, 0.29) is 12.2 Å². The van der Waals surface area contributed by atoms with Crippen molar-refractivity contribution in [2.45, 2.75) is 32.9 Å². The Hall–Kier alpha value is -2.90. The maximum Gasteiger partial charge on any atom is 0.410 e. The molecule has 0 fully saturated rings. The molecule has 0 unspecified atom stereocenters. The van der Waals surface area contributed by atoms with Crippen LogP contribution < -0.4 is 0 Å². The number of nitrogens with zero attached hydrogens (tertiary/aromatic N) is 3. The molecule has 0 atom stereocenters. The minimum absolute atomic E-state index is 0.0582. The maximum absolute atomic E-state index is 12.1. The summed E-state index contributed by atoms with van der Waals surface area (Å²) < 4.78 is 5.28. The Balaban J connectivity index is 2.32. The third-order valence-corrected chi connectivity index (χ3v) is 3.21. The Bertz CT molecular complexity index is 735. The summed E-state index contributed by atoms with van der Waals surface area (Å²) in [7, 11) is 1.54. The highest BCUT2D eigenvalue weighted by Gasteiger charge is 2.25. The van der Waals surface area contributed by atoms with E-state index in [0.29, 0.717) is 16.8 Å². The first-order valence-corrected chi connectivity index (χ1v) is 7.39. The molecule has 24 heavy (non-hydrogen) atoms. The predicted molar refractivity (Wildman–Crippen MR) is 88.4 cm³/mol. The van der Waals surface area contributed by atoms with Gasteiger partial charge in [0.05, 0.1) is 28.3 Å². The van der Waals surface area contributed by atoms with Gasteiger partial charge >= 0.3 is 6.09 Å². The van der Waals surface area contributed by atoms with Crippen LogP contribution in [0.15, 0.2) is 30.5 Å². The van der Waals surface area contributed by atoms with Crippen LogP contribution in [0.5, 0.6) is 0 Å². The predicted octanol–water partition coefficient (Wildman–Crippen LogP) is 3.35. The Kier molecular flexibility index (Phi) is 4.87. The van der Waals surface area contributed by atoms with Crippen LogP contribution in [-0.2, 0) is 11.3 Å². The van der Waals surface area contributed by atoms with E-state index in [2.05, 4.69) is 10.2 Å². The van der Waals surface area contributed by atoms with Gasteiger partial charge in [-0.2, -0.15) is 5.10 Å². The van der Waals surface area contributed by atoms with E-state index in [1.54, 1.807) is 52.1 Å². The molecule has 0 aliphatic rings. The van der Waals surface area contributed by atoms with E-state index in [1.165, 1.54) is 11.1 Å². The Morgan fingerprint density at radius 1 is 1.38 bits per heavy atom. The van der Waals surface area contributed by atoms with E-state index < -0.39 is 16.6 Å². The summed E-state index contributed by atoms with van der Waals surface area (Å²) in [6, 6.07) is 6.63. The van der Waals surface area contributed by atoms with Crippen molar-refractivity contribution in [3.8, 4) is 11.3 Å². The highest BCUT2D eigenvalue weighted by Crippen LogP contribution is 2.32. The van der Waals surface area contributed by atoms with Gasteiger partial charge in [-0.3, -0.25) is 15.2 Å².